The van der Waals surface area contributed by atoms with E-state index in [-0.39, 0.29) is 5.91 Å². The summed E-state index contributed by atoms with van der Waals surface area (Å²) in [4.78, 5) is 17.1. The van der Waals surface area contributed by atoms with Crippen molar-refractivity contribution in [2.24, 2.45) is 7.05 Å². The molecule has 148 valence electrons. The van der Waals surface area contributed by atoms with Gasteiger partial charge in [-0.1, -0.05) is 0 Å². The summed E-state index contributed by atoms with van der Waals surface area (Å²) in [5.41, 5.74) is 6.08. The number of rotatable bonds is 6. The number of aromatic nitrogens is 3. The third-order valence-corrected chi connectivity index (χ3v) is 6.03. The first kappa shape index (κ1) is 19.7. The molecule has 1 amide bonds. The maximum absolute atomic E-state index is 12.6. The summed E-state index contributed by atoms with van der Waals surface area (Å²) in [5, 5.41) is 4.45. The molecule has 0 aromatic carbocycles. The van der Waals surface area contributed by atoms with Gasteiger partial charge in [0.1, 0.15) is 0 Å². The van der Waals surface area contributed by atoms with Crippen LogP contribution >= 0.6 is 0 Å². The van der Waals surface area contributed by atoms with Crippen molar-refractivity contribution in [3.05, 3.63) is 40.5 Å². The van der Waals surface area contributed by atoms with Crippen LogP contribution in [0, 0.1) is 27.7 Å². The molecule has 0 unspecified atom stereocenters. The molecule has 1 saturated heterocycles. The van der Waals surface area contributed by atoms with Gasteiger partial charge < -0.3 is 9.47 Å². The highest BCUT2D eigenvalue weighted by Crippen LogP contribution is 2.15. The topological polar surface area (TPSA) is 46.3 Å². The molecule has 6 heteroatoms. The van der Waals surface area contributed by atoms with Crippen molar-refractivity contribution in [1.29, 1.82) is 0 Å². The Bertz CT molecular complexity index is 776. The van der Waals surface area contributed by atoms with Crippen LogP contribution in [0.3, 0.4) is 0 Å². The summed E-state index contributed by atoms with van der Waals surface area (Å²) < 4.78 is 4.28. The molecule has 0 saturated carbocycles. The number of amides is 1. The average Bonchev–Trinajstić information content (AvgIpc) is 3.10. The van der Waals surface area contributed by atoms with E-state index in [4.69, 9.17) is 0 Å². The first-order valence-electron chi connectivity index (χ1n) is 9.98. The fourth-order valence-corrected chi connectivity index (χ4v) is 4.08. The van der Waals surface area contributed by atoms with Crippen LogP contribution in [0.1, 0.15) is 34.8 Å². The van der Waals surface area contributed by atoms with Crippen LogP contribution in [0.15, 0.2) is 12.1 Å². The predicted octanol–water partition coefficient (Wildman–Crippen LogP) is 2.23. The van der Waals surface area contributed by atoms with Crippen LogP contribution in [0.2, 0.25) is 0 Å². The van der Waals surface area contributed by atoms with Gasteiger partial charge in [0.25, 0.3) is 0 Å². The largest absolute Gasteiger partial charge is 0.348 e. The van der Waals surface area contributed by atoms with Crippen LogP contribution in [0.5, 0.6) is 0 Å². The van der Waals surface area contributed by atoms with Crippen molar-refractivity contribution < 1.29 is 4.79 Å². The lowest BCUT2D eigenvalue weighted by atomic mass is 10.1. The van der Waals surface area contributed by atoms with E-state index < -0.39 is 0 Å². The lowest BCUT2D eigenvalue weighted by Crippen LogP contribution is -2.49. The first-order chi connectivity index (χ1) is 12.9. The van der Waals surface area contributed by atoms with Crippen LogP contribution in [0.4, 0.5) is 0 Å². The van der Waals surface area contributed by atoms with Crippen molar-refractivity contribution in [3.8, 4) is 0 Å². The molecule has 6 nitrogen and oxygen atoms in total. The highest BCUT2D eigenvalue weighted by atomic mass is 16.2. The highest BCUT2D eigenvalue weighted by Gasteiger charge is 2.21. The van der Waals surface area contributed by atoms with Gasteiger partial charge in [-0.25, -0.2) is 0 Å². The van der Waals surface area contributed by atoms with E-state index in [0.29, 0.717) is 6.42 Å². The smallest absolute Gasteiger partial charge is 0.222 e. The van der Waals surface area contributed by atoms with Crippen LogP contribution < -0.4 is 0 Å². The van der Waals surface area contributed by atoms with E-state index in [9.17, 15) is 4.79 Å². The zero-order valence-corrected chi connectivity index (χ0v) is 17.5. The maximum atomic E-state index is 12.6. The molecule has 3 heterocycles. The summed E-state index contributed by atoms with van der Waals surface area (Å²) in [7, 11) is 1.96. The van der Waals surface area contributed by atoms with E-state index in [1.165, 1.54) is 22.6 Å². The highest BCUT2D eigenvalue weighted by molar-refractivity contribution is 5.76. The first-order valence-corrected chi connectivity index (χ1v) is 9.98. The fourth-order valence-electron chi connectivity index (χ4n) is 4.08. The lowest BCUT2D eigenvalue weighted by Gasteiger charge is -2.35. The second kappa shape index (κ2) is 8.30. The standard InChI is InChI=1S/C21H33N5O/c1-16-6-7-17(2)26(16)15-12-24-10-13-25(14-11-24)21(27)9-8-20-18(3)22-23(5)19(20)4/h6-7H,8-15H2,1-5H3. The molecule has 0 bridgehead atoms. The molecule has 2 aromatic rings. The SMILES string of the molecule is Cc1nn(C)c(C)c1CCC(=O)N1CCN(CCn2c(C)ccc2C)CC1. The van der Waals surface area contributed by atoms with Crippen LogP contribution in [0.25, 0.3) is 0 Å². The van der Waals surface area contributed by atoms with E-state index in [2.05, 4.69) is 47.5 Å². The Hall–Kier alpha value is -2.08. The van der Waals surface area contributed by atoms with Gasteiger partial charge in [0.2, 0.25) is 5.91 Å². The Labute approximate surface area is 162 Å². The second-order valence-electron chi connectivity index (χ2n) is 7.76. The number of hydrogen-bond acceptors (Lipinski definition) is 3. The minimum absolute atomic E-state index is 0.273. The van der Waals surface area contributed by atoms with Crippen molar-refractivity contribution in [3.63, 3.8) is 0 Å². The molecule has 0 spiro atoms. The zero-order chi connectivity index (χ0) is 19.6. The second-order valence-corrected chi connectivity index (χ2v) is 7.76. The van der Waals surface area contributed by atoms with Crippen LogP contribution in [-0.2, 0) is 24.8 Å². The van der Waals surface area contributed by atoms with Crippen LogP contribution in [-0.4, -0.2) is 62.8 Å². The van der Waals surface area contributed by atoms with Gasteiger partial charge in [-0.05, 0) is 51.8 Å². The molecule has 3 rings (SSSR count). The van der Waals surface area contributed by atoms with Gasteiger partial charge in [0.15, 0.2) is 0 Å². The predicted molar refractivity (Wildman–Crippen MR) is 108 cm³/mol. The van der Waals surface area contributed by atoms with E-state index in [1.54, 1.807) is 0 Å². The van der Waals surface area contributed by atoms with Crippen molar-refractivity contribution >= 4 is 5.91 Å². The quantitative estimate of drug-likeness (QED) is 0.782. The number of nitrogens with zero attached hydrogens (tertiary/aromatic N) is 5. The Morgan fingerprint density at radius 3 is 2.19 bits per heavy atom. The van der Waals surface area contributed by atoms with Gasteiger partial charge in [-0.3, -0.25) is 14.4 Å². The van der Waals surface area contributed by atoms with Gasteiger partial charge in [-0.2, -0.15) is 5.10 Å². The molecule has 0 aliphatic carbocycles. The van der Waals surface area contributed by atoms with Gasteiger partial charge in [-0.15, -0.1) is 0 Å². The number of aryl methyl sites for hydroxylation is 4. The van der Waals surface area contributed by atoms with E-state index in [0.717, 1.165) is 51.4 Å². The van der Waals surface area contributed by atoms with Crippen molar-refractivity contribution in [1.82, 2.24) is 24.1 Å². The monoisotopic (exact) mass is 371 g/mol. The summed E-state index contributed by atoms with van der Waals surface area (Å²) >= 11 is 0. The van der Waals surface area contributed by atoms with Gasteiger partial charge in [0, 0.05) is 69.8 Å². The minimum atomic E-state index is 0.273. The molecule has 0 atom stereocenters. The molecule has 0 N–H and O–H groups in total. The average molecular weight is 372 g/mol. The third kappa shape index (κ3) is 4.43. The molecule has 27 heavy (non-hydrogen) atoms. The Balaban J connectivity index is 1.44. The van der Waals surface area contributed by atoms with Gasteiger partial charge in [0.05, 0.1) is 5.69 Å². The van der Waals surface area contributed by atoms with Gasteiger partial charge >= 0.3 is 0 Å². The molecular weight excluding hydrogens is 338 g/mol. The van der Waals surface area contributed by atoms with E-state index >= 15 is 0 Å². The molecule has 0 radical (unpaired) electrons. The number of hydrogen-bond donors (Lipinski definition) is 0. The maximum Gasteiger partial charge on any atom is 0.222 e. The molecule has 1 aliphatic heterocycles. The van der Waals surface area contributed by atoms with E-state index in [1.807, 2.05) is 23.6 Å². The molecule has 1 aliphatic rings. The molecule has 2 aromatic heterocycles. The Morgan fingerprint density at radius 1 is 1.00 bits per heavy atom. The number of piperazine rings is 1. The number of carbonyl (C=O) groups is 1. The Kier molecular flexibility index (Phi) is 6.05. The fraction of sp³-hybridized carbons (Fsp3) is 0.619. The zero-order valence-electron chi connectivity index (χ0n) is 17.5. The summed E-state index contributed by atoms with van der Waals surface area (Å²) in [5.74, 6) is 0.273. The molecule has 1 fully saturated rings. The number of carbonyl (C=O) groups excluding carboxylic acids is 1. The van der Waals surface area contributed by atoms with Crippen molar-refractivity contribution in [2.75, 3.05) is 32.7 Å². The lowest BCUT2D eigenvalue weighted by molar-refractivity contribution is -0.132. The molecular formula is C21H33N5O. The van der Waals surface area contributed by atoms with Crippen molar-refractivity contribution in [2.45, 2.75) is 47.1 Å². The normalized spacial score (nSPS) is 15.5. The summed E-state index contributed by atoms with van der Waals surface area (Å²) in [6.07, 6.45) is 1.37. The third-order valence-electron chi connectivity index (χ3n) is 6.03. The Morgan fingerprint density at radius 2 is 1.63 bits per heavy atom. The summed E-state index contributed by atoms with van der Waals surface area (Å²) in [6.45, 7) is 14.1. The summed E-state index contributed by atoms with van der Waals surface area (Å²) in [6, 6.07) is 4.36. The minimum Gasteiger partial charge on any atom is -0.348 e.